The van der Waals surface area contributed by atoms with E-state index >= 15 is 0 Å². The molecule has 0 spiro atoms. The van der Waals surface area contributed by atoms with Gasteiger partial charge in [0.15, 0.2) is 0 Å². The van der Waals surface area contributed by atoms with Gasteiger partial charge < -0.3 is 15.0 Å². The summed E-state index contributed by atoms with van der Waals surface area (Å²) in [5.74, 6) is 0. The van der Waals surface area contributed by atoms with Gasteiger partial charge in [0, 0.05) is 18.6 Å². The Kier molecular flexibility index (Phi) is 13.4. The zero-order valence-electron chi connectivity index (χ0n) is 39.7. The monoisotopic (exact) mass is 1090 g/mol. The number of nitrogens with zero attached hydrogens (tertiary/aromatic N) is 3. The van der Waals surface area contributed by atoms with Crippen LogP contribution in [0.1, 0.15) is 26.3 Å². The molecule has 8 aromatic carbocycles. The van der Waals surface area contributed by atoms with Crippen molar-refractivity contribution in [3.8, 4) is 112 Å². The van der Waals surface area contributed by atoms with Gasteiger partial charge in [-0.1, -0.05) is 193 Å². The maximum atomic E-state index is 4.74. The van der Waals surface area contributed by atoms with Gasteiger partial charge in [0.1, 0.15) is 0 Å². The van der Waals surface area contributed by atoms with Gasteiger partial charge >= 0.3 is 20.1 Å². The number of hydrogen-bond donors (Lipinski definition) is 0. The van der Waals surface area contributed by atoms with Crippen molar-refractivity contribution < 1.29 is 20.1 Å². The van der Waals surface area contributed by atoms with Crippen LogP contribution in [-0.2, 0) is 25.5 Å². The normalized spacial score (nSPS) is 11.2. The Hall–Kier alpha value is -8.14. The molecule has 0 saturated heterocycles. The topological polar surface area (TPSA) is 38.7 Å². The van der Waals surface area contributed by atoms with E-state index in [-0.39, 0.29) is 25.5 Å². The molecule has 3 nitrogen and oxygen atoms in total. The molecule has 11 aromatic rings. The van der Waals surface area contributed by atoms with Gasteiger partial charge in [-0.3, -0.25) is 0 Å². The average Bonchev–Trinajstić information content (AvgIpc) is 3.43. The maximum absolute atomic E-state index is 4.74. The van der Waals surface area contributed by atoms with Crippen LogP contribution >= 0.6 is 0 Å². The van der Waals surface area contributed by atoms with E-state index in [4.69, 9.17) is 9.97 Å². The Balaban J connectivity index is 0.00000582. The van der Waals surface area contributed by atoms with Crippen molar-refractivity contribution in [1.29, 1.82) is 0 Å². The van der Waals surface area contributed by atoms with Crippen molar-refractivity contribution in [1.82, 2.24) is 15.0 Å². The second-order valence-corrected chi connectivity index (χ2v) is 18.6. The molecule has 4 heteroatoms. The minimum absolute atomic E-state index is 0. The van der Waals surface area contributed by atoms with Crippen molar-refractivity contribution in [3.63, 3.8) is 0 Å². The molecule has 340 valence electrons. The third-order valence-electron chi connectivity index (χ3n) is 13.0. The van der Waals surface area contributed by atoms with Crippen LogP contribution in [0.15, 0.2) is 237 Å². The molecule has 3 heterocycles. The minimum atomic E-state index is 0. The van der Waals surface area contributed by atoms with Gasteiger partial charge in [-0.25, -0.2) is 0 Å². The number of pyridine rings is 3. The van der Waals surface area contributed by atoms with Crippen LogP contribution in [0.4, 0.5) is 0 Å². The molecule has 0 aliphatic rings. The SMILES string of the molecule is CC(C)(C)c1ccnc(-c2[c-]cc(-c3ccccc3-c3cc(-c4ccccc4-c4c[c-]c(-c5ccccn5)cc4)cc(-c4ccccc4-c4c[c-]c(-c5ccccn5)cc4-c4ccccc4)c3)cc2)c1.[Ir+3]. The smallest absolute Gasteiger partial charge is 0.305 e. The fraction of sp³-hybridized carbons (Fsp3) is 0.0597. The van der Waals surface area contributed by atoms with E-state index < -0.39 is 0 Å². The summed E-state index contributed by atoms with van der Waals surface area (Å²) in [4.78, 5) is 14.0. The fourth-order valence-corrected chi connectivity index (χ4v) is 9.35. The quantitative estimate of drug-likeness (QED) is 0.128. The first-order valence-corrected chi connectivity index (χ1v) is 23.7. The molecule has 0 aliphatic heterocycles. The van der Waals surface area contributed by atoms with Crippen molar-refractivity contribution in [2.24, 2.45) is 0 Å². The summed E-state index contributed by atoms with van der Waals surface area (Å²) >= 11 is 0. The first-order valence-electron chi connectivity index (χ1n) is 23.7. The fourth-order valence-electron chi connectivity index (χ4n) is 9.35. The van der Waals surface area contributed by atoms with Crippen molar-refractivity contribution in [2.75, 3.05) is 0 Å². The zero-order valence-corrected chi connectivity index (χ0v) is 42.1. The standard InChI is InChI=1S/C67H48N3.Ir/c1-67(2,3)55-37-40-70-66(45-55)50-33-29-48(30-34-50)57-20-8-10-22-59(57)53-41-52(58-21-9-7-19-56(58)47-27-31-49(32-28-47)64-25-13-15-38-68-64)42-54(43-53)60-23-11-12-24-61(60)62-36-35-51(65-26-14-16-39-69-65)44-63(62)46-17-5-4-6-18-46;/h4-31,33,36-45H,1-3H3;/q-3;+3. The Morgan fingerprint density at radius 1 is 0.296 bits per heavy atom. The molecular weight excluding hydrogens is 1040 g/mol. The average molecular weight is 1090 g/mol. The van der Waals surface area contributed by atoms with Crippen LogP contribution in [0.3, 0.4) is 0 Å². The van der Waals surface area contributed by atoms with Gasteiger partial charge in [0.05, 0.1) is 0 Å². The van der Waals surface area contributed by atoms with Crippen molar-refractivity contribution in [3.05, 3.63) is 261 Å². The second kappa shape index (κ2) is 20.4. The summed E-state index contributed by atoms with van der Waals surface area (Å²) in [7, 11) is 0. The van der Waals surface area contributed by atoms with Crippen LogP contribution in [0.25, 0.3) is 112 Å². The Labute approximate surface area is 431 Å². The number of benzene rings is 8. The predicted molar refractivity (Wildman–Crippen MR) is 289 cm³/mol. The largest absolute Gasteiger partial charge is 3.00 e. The Morgan fingerprint density at radius 2 is 0.732 bits per heavy atom. The number of rotatable bonds is 10. The second-order valence-electron chi connectivity index (χ2n) is 18.6. The summed E-state index contributed by atoms with van der Waals surface area (Å²) in [5.41, 5.74) is 22.4. The summed E-state index contributed by atoms with van der Waals surface area (Å²) in [6.07, 6.45) is 5.56. The van der Waals surface area contributed by atoms with Crippen molar-refractivity contribution >= 4 is 0 Å². The van der Waals surface area contributed by atoms with Gasteiger partial charge in [0.25, 0.3) is 0 Å². The van der Waals surface area contributed by atoms with E-state index in [1.165, 1.54) is 5.56 Å². The first-order chi connectivity index (χ1) is 34.3. The zero-order chi connectivity index (χ0) is 47.4. The van der Waals surface area contributed by atoms with E-state index in [0.29, 0.717) is 0 Å². The maximum Gasteiger partial charge on any atom is 3.00 e. The van der Waals surface area contributed by atoms with E-state index in [1.807, 2.05) is 55.0 Å². The van der Waals surface area contributed by atoms with E-state index in [2.05, 4.69) is 226 Å². The van der Waals surface area contributed by atoms with E-state index in [0.717, 1.165) is 112 Å². The summed E-state index contributed by atoms with van der Waals surface area (Å²) in [6, 6.07) is 88.1. The Morgan fingerprint density at radius 3 is 1.23 bits per heavy atom. The summed E-state index contributed by atoms with van der Waals surface area (Å²) < 4.78 is 0. The first kappa shape index (κ1) is 46.6. The third-order valence-corrected chi connectivity index (χ3v) is 13.0. The Bertz CT molecular complexity index is 3600. The van der Waals surface area contributed by atoms with Gasteiger partial charge in [-0.2, -0.15) is 0 Å². The van der Waals surface area contributed by atoms with Crippen LogP contribution in [-0.4, -0.2) is 15.0 Å². The molecular formula is C67H48IrN3. The molecule has 0 amide bonds. The third kappa shape index (κ3) is 9.87. The van der Waals surface area contributed by atoms with E-state index in [9.17, 15) is 0 Å². The molecule has 0 bridgehead atoms. The molecule has 0 aliphatic carbocycles. The van der Waals surface area contributed by atoms with Crippen LogP contribution < -0.4 is 0 Å². The summed E-state index contributed by atoms with van der Waals surface area (Å²) in [5, 5.41) is 0. The van der Waals surface area contributed by atoms with Crippen LogP contribution in [0.5, 0.6) is 0 Å². The van der Waals surface area contributed by atoms with E-state index in [1.54, 1.807) is 0 Å². The van der Waals surface area contributed by atoms with Crippen LogP contribution in [0, 0.1) is 18.2 Å². The number of hydrogen-bond acceptors (Lipinski definition) is 3. The molecule has 0 unspecified atom stereocenters. The number of aromatic nitrogens is 3. The summed E-state index contributed by atoms with van der Waals surface area (Å²) in [6.45, 7) is 6.69. The molecule has 3 aromatic heterocycles. The molecule has 0 N–H and O–H groups in total. The van der Waals surface area contributed by atoms with Crippen molar-refractivity contribution in [2.45, 2.75) is 26.2 Å². The predicted octanol–water partition coefficient (Wildman–Crippen LogP) is 17.2. The van der Waals surface area contributed by atoms with Gasteiger partial charge in [0.2, 0.25) is 0 Å². The molecule has 11 rings (SSSR count). The molecule has 0 radical (unpaired) electrons. The molecule has 0 fully saturated rings. The van der Waals surface area contributed by atoms with Gasteiger partial charge in [-0.05, 0) is 103 Å². The molecule has 0 atom stereocenters. The van der Waals surface area contributed by atoms with Gasteiger partial charge in [-0.15, -0.1) is 83.4 Å². The minimum Gasteiger partial charge on any atom is -0.305 e. The molecule has 71 heavy (non-hydrogen) atoms. The molecule has 0 saturated carbocycles. The van der Waals surface area contributed by atoms with Crippen LogP contribution in [0.2, 0.25) is 0 Å².